The zero-order chi connectivity index (χ0) is 21.8. The molecule has 1 aliphatic heterocycles. The molecular weight excluding hydrogens is 372 g/mol. The monoisotopic (exact) mass is 404 g/mol. The average Bonchev–Trinajstić information content (AvgIpc) is 2.62. The van der Waals surface area contributed by atoms with Crippen LogP contribution in [0.1, 0.15) is 71.9 Å². The summed E-state index contributed by atoms with van der Waals surface area (Å²) in [5, 5.41) is 9.01. The summed E-state index contributed by atoms with van der Waals surface area (Å²) >= 11 is 0. The van der Waals surface area contributed by atoms with Crippen LogP contribution >= 0.6 is 0 Å². The third kappa shape index (κ3) is 5.71. The van der Waals surface area contributed by atoms with Crippen LogP contribution < -0.4 is 4.90 Å². The highest BCUT2D eigenvalue weighted by Gasteiger charge is 2.38. The number of anilines is 1. The number of benzene rings is 1. The Kier molecular flexibility index (Phi) is 7.27. The SMILES string of the molecule is CCC(=O)N1c2ccccc2[C@H](N(CCCC(=O)O)C(=O)OC(C)(C)C)C[C@@H]1C. The van der Waals surface area contributed by atoms with Crippen LogP contribution in [-0.4, -0.2) is 46.2 Å². The molecule has 0 aliphatic carbocycles. The fraction of sp³-hybridized carbons (Fsp3) is 0.591. The number of fused-ring (bicyclic) bond motifs is 1. The van der Waals surface area contributed by atoms with Gasteiger partial charge in [0.25, 0.3) is 0 Å². The number of nitrogens with zero attached hydrogens (tertiary/aromatic N) is 2. The normalized spacial score (nSPS) is 18.7. The second kappa shape index (κ2) is 9.29. The number of carboxylic acids is 1. The summed E-state index contributed by atoms with van der Waals surface area (Å²) < 4.78 is 5.62. The molecule has 0 bridgehead atoms. The van der Waals surface area contributed by atoms with E-state index >= 15 is 0 Å². The molecule has 1 aromatic rings. The van der Waals surface area contributed by atoms with Gasteiger partial charge in [0.2, 0.25) is 5.91 Å². The first-order valence-corrected chi connectivity index (χ1v) is 10.2. The molecule has 0 unspecified atom stereocenters. The van der Waals surface area contributed by atoms with E-state index in [-0.39, 0.29) is 31.0 Å². The number of amides is 2. The Hall–Kier alpha value is -2.57. The highest BCUT2D eigenvalue weighted by Crippen LogP contribution is 2.41. The molecule has 2 amide bonds. The molecule has 0 fully saturated rings. The molecule has 7 heteroatoms. The van der Waals surface area contributed by atoms with Crippen LogP contribution in [-0.2, 0) is 14.3 Å². The Morgan fingerprint density at radius 1 is 1.24 bits per heavy atom. The highest BCUT2D eigenvalue weighted by atomic mass is 16.6. The second-order valence-electron chi connectivity index (χ2n) is 8.45. The van der Waals surface area contributed by atoms with Crippen molar-refractivity contribution in [1.29, 1.82) is 0 Å². The zero-order valence-electron chi connectivity index (χ0n) is 18.0. The molecule has 0 saturated heterocycles. The lowest BCUT2D eigenvalue weighted by Gasteiger charge is -2.43. The Morgan fingerprint density at radius 2 is 1.90 bits per heavy atom. The van der Waals surface area contributed by atoms with Gasteiger partial charge in [-0.15, -0.1) is 0 Å². The fourth-order valence-electron chi connectivity index (χ4n) is 3.72. The third-order valence-corrected chi connectivity index (χ3v) is 4.93. The molecule has 1 N–H and O–H groups in total. The van der Waals surface area contributed by atoms with Crippen molar-refractivity contribution in [2.75, 3.05) is 11.4 Å². The topological polar surface area (TPSA) is 87.2 Å². The van der Waals surface area contributed by atoms with E-state index in [0.717, 1.165) is 11.3 Å². The quantitative estimate of drug-likeness (QED) is 0.761. The molecule has 0 spiro atoms. The van der Waals surface area contributed by atoms with E-state index < -0.39 is 17.7 Å². The van der Waals surface area contributed by atoms with Crippen LogP contribution in [0.2, 0.25) is 0 Å². The summed E-state index contributed by atoms with van der Waals surface area (Å²) in [7, 11) is 0. The van der Waals surface area contributed by atoms with Gasteiger partial charge in [0.1, 0.15) is 5.60 Å². The Morgan fingerprint density at radius 3 is 2.48 bits per heavy atom. The van der Waals surface area contributed by atoms with Crippen molar-refractivity contribution in [2.24, 2.45) is 0 Å². The minimum absolute atomic E-state index is 0.0241. The predicted octanol–water partition coefficient (Wildman–Crippen LogP) is 4.36. The molecule has 1 heterocycles. The summed E-state index contributed by atoms with van der Waals surface area (Å²) in [5.74, 6) is -0.857. The Labute approximate surface area is 172 Å². The maximum atomic E-state index is 13.0. The fourth-order valence-corrected chi connectivity index (χ4v) is 3.72. The van der Waals surface area contributed by atoms with Crippen LogP contribution in [0.4, 0.5) is 10.5 Å². The van der Waals surface area contributed by atoms with Gasteiger partial charge in [0.05, 0.1) is 6.04 Å². The standard InChI is InChI=1S/C22H32N2O5/c1-6-19(25)24-15(2)14-18(16-10-7-8-11-17(16)24)23(13-9-12-20(26)27)21(28)29-22(3,4)5/h7-8,10-11,15,18H,6,9,12-14H2,1-5H3,(H,26,27)/t15-,18+/m0/s1. The lowest BCUT2D eigenvalue weighted by atomic mass is 9.90. The first-order valence-electron chi connectivity index (χ1n) is 10.2. The molecule has 0 aromatic heterocycles. The minimum Gasteiger partial charge on any atom is -0.481 e. The van der Waals surface area contributed by atoms with Gasteiger partial charge in [-0.05, 0) is 52.2 Å². The summed E-state index contributed by atoms with van der Waals surface area (Å²) in [6.07, 6.45) is 0.806. The number of ether oxygens (including phenoxy) is 1. The van der Waals surface area contributed by atoms with E-state index in [2.05, 4.69) is 0 Å². The number of aliphatic carboxylic acids is 1. The van der Waals surface area contributed by atoms with E-state index in [4.69, 9.17) is 9.84 Å². The molecule has 0 radical (unpaired) electrons. The first-order chi connectivity index (χ1) is 13.5. The smallest absolute Gasteiger partial charge is 0.410 e. The number of hydrogen-bond donors (Lipinski definition) is 1. The van der Waals surface area contributed by atoms with Crippen LogP contribution in [0.3, 0.4) is 0 Å². The second-order valence-corrected chi connectivity index (χ2v) is 8.45. The van der Waals surface area contributed by atoms with Crippen LogP contribution in [0.5, 0.6) is 0 Å². The third-order valence-electron chi connectivity index (χ3n) is 4.93. The zero-order valence-corrected chi connectivity index (χ0v) is 18.0. The van der Waals surface area contributed by atoms with E-state index in [0.29, 0.717) is 19.3 Å². The number of para-hydroxylation sites is 1. The average molecular weight is 405 g/mol. The molecule has 7 nitrogen and oxygen atoms in total. The van der Waals surface area contributed by atoms with Gasteiger partial charge in [-0.2, -0.15) is 0 Å². The molecule has 29 heavy (non-hydrogen) atoms. The summed E-state index contributed by atoms with van der Waals surface area (Å²) in [6.45, 7) is 9.50. The van der Waals surface area contributed by atoms with Crippen LogP contribution in [0, 0.1) is 0 Å². The maximum Gasteiger partial charge on any atom is 0.410 e. The van der Waals surface area contributed by atoms with E-state index in [9.17, 15) is 14.4 Å². The largest absolute Gasteiger partial charge is 0.481 e. The van der Waals surface area contributed by atoms with Crippen LogP contribution in [0.15, 0.2) is 24.3 Å². The maximum absolute atomic E-state index is 13.0. The summed E-state index contributed by atoms with van der Waals surface area (Å²) in [5.41, 5.74) is 1.02. The van der Waals surface area contributed by atoms with Crippen LogP contribution in [0.25, 0.3) is 0 Å². The molecule has 0 saturated carbocycles. The van der Waals surface area contributed by atoms with Gasteiger partial charge in [-0.25, -0.2) is 4.79 Å². The molecule has 1 aromatic carbocycles. The van der Waals surface area contributed by atoms with E-state index in [1.807, 2.05) is 38.1 Å². The van der Waals surface area contributed by atoms with Crippen molar-refractivity contribution in [3.05, 3.63) is 29.8 Å². The van der Waals surface area contributed by atoms with Gasteiger partial charge in [-0.3, -0.25) is 9.59 Å². The molecule has 1 aliphatic rings. The number of hydrogen-bond acceptors (Lipinski definition) is 4. The molecule has 2 rings (SSSR count). The summed E-state index contributed by atoms with van der Waals surface area (Å²) in [4.78, 5) is 39.9. The van der Waals surface area contributed by atoms with Crippen molar-refractivity contribution in [3.63, 3.8) is 0 Å². The molecule has 160 valence electrons. The van der Waals surface area contributed by atoms with Crippen molar-refractivity contribution in [1.82, 2.24) is 4.90 Å². The summed E-state index contributed by atoms with van der Waals surface area (Å²) in [6, 6.07) is 7.22. The molecular formula is C22H32N2O5. The highest BCUT2D eigenvalue weighted by molar-refractivity contribution is 5.95. The van der Waals surface area contributed by atoms with E-state index in [1.165, 1.54) is 0 Å². The van der Waals surface area contributed by atoms with Gasteiger partial charge < -0.3 is 19.6 Å². The van der Waals surface area contributed by atoms with Crippen molar-refractivity contribution in [2.45, 2.75) is 78.0 Å². The minimum atomic E-state index is -0.897. The van der Waals surface area contributed by atoms with Gasteiger partial charge in [0, 0.05) is 31.1 Å². The first kappa shape index (κ1) is 22.7. The Balaban J connectivity index is 2.41. The number of carbonyl (C=O) groups excluding carboxylic acids is 2. The molecule has 2 atom stereocenters. The Bertz CT molecular complexity index is 756. The lowest BCUT2D eigenvalue weighted by molar-refractivity contribution is -0.137. The van der Waals surface area contributed by atoms with Crippen molar-refractivity contribution >= 4 is 23.7 Å². The number of rotatable bonds is 6. The van der Waals surface area contributed by atoms with Crippen molar-refractivity contribution < 1.29 is 24.2 Å². The lowest BCUT2D eigenvalue weighted by Crippen LogP contribution is -2.48. The van der Waals surface area contributed by atoms with E-state index in [1.54, 1.807) is 30.6 Å². The van der Waals surface area contributed by atoms with Gasteiger partial charge >= 0.3 is 12.1 Å². The van der Waals surface area contributed by atoms with Crippen molar-refractivity contribution in [3.8, 4) is 0 Å². The van der Waals surface area contributed by atoms with Gasteiger partial charge in [-0.1, -0.05) is 25.1 Å². The number of carboxylic acid groups (broad SMARTS) is 1. The predicted molar refractivity (Wildman–Crippen MR) is 111 cm³/mol. The van der Waals surface area contributed by atoms with Gasteiger partial charge in [0.15, 0.2) is 0 Å². The number of carbonyl (C=O) groups is 3.